The molecule has 5 heteroatoms. The molecule has 2 aromatic rings. The molecular weight excluding hydrogens is 274 g/mol. The van der Waals surface area contributed by atoms with Crippen LogP contribution in [0.1, 0.15) is 31.9 Å². The second-order valence-electron chi connectivity index (χ2n) is 5.73. The van der Waals surface area contributed by atoms with Crippen LogP contribution in [0.15, 0.2) is 24.4 Å². The van der Waals surface area contributed by atoms with Crippen LogP contribution in [0.4, 0.5) is 5.69 Å². The summed E-state index contributed by atoms with van der Waals surface area (Å²) >= 11 is 5.75. The van der Waals surface area contributed by atoms with E-state index in [9.17, 15) is 0 Å². The molecule has 0 spiro atoms. The van der Waals surface area contributed by atoms with Gasteiger partial charge in [-0.25, -0.2) is 4.98 Å². The van der Waals surface area contributed by atoms with Gasteiger partial charge in [-0.05, 0) is 41.1 Å². The maximum Gasteiger partial charge on any atom is 0.247 e. The van der Waals surface area contributed by atoms with E-state index in [0.29, 0.717) is 11.4 Å². The van der Waals surface area contributed by atoms with Crippen molar-refractivity contribution in [1.82, 2.24) is 9.97 Å². The van der Waals surface area contributed by atoms with Crippen molar-refractivity contribution in [3.63, 3.8) is 0 Å². The Morgan fingerprint density at radius 2 is 1.95 bits per heavy atom. The number of anilines is 1. The minimum Gasteiger partial charge on any atom is -0.437 e. The summed E-state index contributed by atoms with van der Waals surface area (Å²) in [6.45, 7) is 8.50. The van der Waals surface area contributed by atoms with Gasteiger partial charge in [0.25, 0.3) is 0 Å². The normalized spacial score (nSPS) is 11.4. The summed E-state index contributed by atoms with van der Waals surface area (Å²) in [7, 11) is 0. The van der Waals surface area contributed by atoms with Gasteiger partial charge < -0.3 is 10.5 Å². The highest BCUT2D eigenvalue weighted by molar-refractivity contribution is 6.28. The average Bonchev–Trinajstić information content (AvgIpc) is 2.35. The second-order valence-corrected chi connectivity index (χ2v) is 6.07. The predicted molar refractivity (Wildman–Crippen MR) is 81.4 cm³/mol. The van der Waals surface area contributed by atoms with Gasteiger partial charge in [0.1, 0.15) is 11.4 Å². The minimum atomic E-state index is 0.0978. The molecule has 0 aliphatic heterocycles. The Morgan fingerprint density at radius 1 is 1.25 bits per heavy atom. The number of nitrogens with two attached hydrogens (primary N) is 1. The molecular formula is C15H18ClN3O. The summed E-state index contributed by atoms with van der Waals surface area (Å²) in [4.78, 5) is 7.79. The fourth-order valence-electron chi connectivity index (χ4n) is 1.77. The van der Waals surface area contributed by atoms with Crippen molar-refractivity contribution in [1.29, 1.82) is 0 Å². The SMILES string of the molecule is Cc1cc(C(C)(C)C)ccc1Oc1nc(Cl)ncc1N. The largest absolute Gasteiger partial charge is 0.437 e. The van der Waals surface area contributed by atoms with Crippen LogP contribution in [-0.2, 0) is 5.41 Å². The van der Waals surface area contributed by atoms with Gasteiger partial charge in [0, 0.05) is 0 Å². The lowest BCUT2D eigenvalue weighted by Gasteiger charge is -2.20. The topological polar surface area (TPSA) is 61.0 Å². The highest BCUT2D eigenvalue weighted by atomic mass is 35.5. The van der Waals surface area contributed by atoms with Crippen molar-refractivity contribution in [2.45, 2.75) is 33.1 Å². The van der Waals surface area contributed by atoms with Gasteiger partial charge >= 0.3 is 0 Å². The number of aromatic nitrogens is 2. The Kier molecular flexibility index (Phi) is 3.86. The molecule has 0 amide bonds. The number of benzene rings is 1. The Bertz CT molecular complexity index is 636. The van der Waals surface area contributed by atoms with Crippen molar-refractivity contribution >= 4 is 17.3 Å². The van der Waals surface area contributed by atoms with Crippen LogP contribution in [0.25, 0.3) is 0 Å². The van der Waals surface area contributed by atoms with E-state index in [1.807, 2.05) is 19.1 Å². The number of nitrogens with zero attached hydrogens (tertiary/aromatic N) is 2. The highest BCUT2D eigenvalue weighted by Gasteiger charge is 2.15. The number of halogens is 1. The summed E-state index contributed by atoms with van der Waals surface area (Å²) in [6.07, 6.45) is 1.43. The van der Waals surface area contributed by atoms with E-state index in [0.717, 1.165) is 5.56 Å². The van der Waals surface area contributed by atoms with Gasteiger partial charge in [-0.15, -0.1) is 0 Å². The molecule has 0 atom stereocenters. The first kappa shape index (κ1) is 14.6. The van der Waals surface area contributed by atoms with Gasteiger partial charge in [-0.3, -0.25) is 0 Å². The molecule has 2 N–H and O–H groups in total. The van der Waals surface area contributed by atoms with Gasteiger partial charge in [-0.1, -0.05) is 32.9 Å². The molecule has 0 aliphatic rings. The van der Waals surface area contributed by atoms with Crippen LogP contribution in [-0.4, -0.2) is 9.97 Å². The first-order valence-corrected chi connectivity index (χ1v) is 6.72. The van der Waals surface area contributed by atoms with E-state index >= 15 is 0 Å². The van der Waals surface area contributed by atoms with E-state index in [1.165, 1.54) is 11.8 Å². The third-order valence-electron chi connectivity index (χ3n) is 3.00. The highest BCUT2D eigenvalue weighted by Crippen LogP contribution is 2.31. The first-order chi connectivity index (χ1) is 9.27. The molecule has 0 radical (unpaired) electrons. The maximum absolute atomic E-state index is 5.78. The van der Waals surface area contributed by atoms with Crippen LogP contribution >= 0.6 is 11.6 Å². The molecule has 106 valence electrons. The number of nitrogen functional groups attached to an aromatic ring is 1. The van der Waals surface area contributed by atoms with Gasteiger partial charge in [-0.2, -0.15) is 4.98 Å². The minimum absolute atomic E-state index is 0.0978. The van der Waals surface area contributed by atoms with E-state index < -0.39 is 0 Å². The summed E-state index contributed by atoms with van der Waals surface area (Å²) in [5, 5.41) is 0.109. The maximum atomic E-state index is 5.78. The summed E-state index contributed by atoms with van der Waals surface area (Å²) in [6, 6.07) is 6.07. The first-order valence-electron chi connectivity index (χ1n) is 6.34. The van der Waals surface area contributed by atoms with Crippen molar-refractivity contribution < 1.29 is 4.74 Å². The van der Waals surface area contributed by atoms with E-state index in [2.05, 4.69) is 36.8 Å². The molecule has 1 aromatic heterocycles. The molecule has 4 nitrogen and oxygen atoms in total. The van der Waals surface area contributed by atoms with Crippen LogP contribution in [0.5, 0.6) is 11.6 Å². The number of hydrogen-bond donors (Lipinski definition) is 1. The molecule has 1 heterocycles. The van der Waals surface area contributed by atoms with Crippen LogP contribution in [0, 0.1) is 6.92 Å². The van der Waals surface area contributed by atoms with Gasteiger partial charge in [0.05, 0.1) is 6.20 Å². The molecule has 0 bridgehead atoms. The molecule has 0 saturated carbocycles. The van der Waals surface area contributed by atoms with Crippen LogP contribution < -0.4 is 10.5 Å². The van der Waals surface area contributed by atoms with E-state index in [4.69, 9.17) is 22.1 Å². The standard InChI is InChI=1S/C15H18ClN3O/c1-9-7-10(15(2,3)4)5-6-12(9)20-13-11(17)8-18-14(16)19-13/h5-8H,17H2,1-4H3. The quantitative estimate of drug-likeness (QED) is 0.846. The second kappa shape index (κ2) is 5.29. The lowest BCUT2D eigenvalue weighted by atomic mass is 9.86. The summed E-state index contributed by atoms with van der Waals surface area (Å²) in [5.74, 6) is 0.982. The number of rotatable bonds is 2. The fraction of sp³-hybridized carbons (Fsp3) is 0.333. The average molecular weight is 292 g/mol. The van der Waals surface area contributed by atoms with Crippen molar-refractivity contribution in [2.24, 2.45) is 0 Å². The zero-order chi connectivity index (χ0) is 14.9. The Morgan fingerprint density at radius 3 is 2.55 bits per heavy atom. The van der Waals surface area contributed by atoms with Gasteiger partial charge in [0.2, 0.25) is 11.2 Å². The number of hydrogen-bond acceptors (Lipinski definition) is 4. The molecule has 0 fully saturated rings. The van der Waals surface area contributed by atoms with Crippen LogP contribution in [0.3, 0.4) is 0 Å². The molecule has 1 aromatic carbocycles. The van der Waals surface area contributed by atoms with Crippen molar-refractivity contribution in [2.75, 3.05) is 5.73 Å². The third-order valence-corrected chi connectivity index (χ3v) is 3.18. The zero-order valence-corrected chi connectivity index (χ0v) is 12.8. The van der Waals surface area contributed by atoms with Crippen molar-refractivity contribution in [3.8, 4) is 11.6 Å². The van der Waals surface area contributed by atoms with Crippen LogP contribution in [0.2, 0.25) is 5.28 Å². The monoisotopic (exact) mass is 291 g/mol. The smallest absolute Gasteiger partial charge is 0.247 e. The Balaban J connectivity index is 2.33. The van der Waals surface area contributed by atoms with E-state index in [-0.39, 0.29) is 16.6 Å². The summed E-state index contributed by atoms with van der Waals surface area (Å²) in [5.41, 5.74) is 8.50. The predicted octanol–water partition coefficient (Wildman–Crippen LogP) is 4.11. The zero-order valence-electron chi connectivity index (χ0n) is 12.1. The molecule has 0 saturated heterocycles. The summed E-state index contributed by atoms with van der Waals surface area (Å²) < 4.78 is 5.73. The lowest BCUT2D eigenvalue weighted by Crippen LogP contribution is -2.11. The van der Waals surface area contributed by atoms with Crippen molar-refractivity contribution in [3.05, 3.63) is 40.8 Å². The Hall–Kier alpha value is -1.81. The number of aryl methyl sites for hydroxylation is 1. The lowest BCUT2D eigenvalue weighted by molar-refractivity contribution is 0.460. The molecule has 2 rings (SSSR count). The third kappa shape index (κ3) is 3.20. The molecule has 0 aliphatic carbocycles. The molecule has 0 unspecified atom stereocenters. The fourth-order valence-corrected chi connectivity index (χ4v) is 1.90. The molecule has 20 heavy (non-hydrogen) atoms. The Labute approximate surface area is 124 Å². The number of ether oxygens (including phenoxy) is 1. The van der Waals surface area contributed by atoms with Gasteiger partial charge in [0.15, 0.2) is 0 Å². The van der Waals surface area contributed by atoms with E-state index in [1.54, 1.807) is 0 Å².